The number of aromatic nitrogens is 2. The average molecular weight is 447 g/mol. The molecular weight excluding hydrogens is 428 g/mol. The second-order valence-corrected chi connectivity index (χ2v) is 7.14. The molecule has 5 nitrogen and oxygen atoms in total. The van der Waals surface area contributed by atoms with Gasteiger partial charge in [-0.05, 0) is 48.5 Å². The summed E-state index contributed by atoms with van der Waals surface area (Å²) in [5.41, 5.74) is 3.91. The number of anilines is 2. The van der Waals surface area contributed by atoms with Gasteiger partial charge in [0.05, 0.1) is 16.7 Å². The summed E-state index contributed by atoms with van der Waals surface area (Å²) in [6.45, 7) is 7.54. The highest BCUT2D eigenvalue weighted by Crippen LogP contribution is 2.23. The van der Waals surface area contributed by atoms with Gasteiger partial charge in [0, 0.05) is 28.3 Å². The Morgan fingerprint density at radius 1 is 1.24 bits per heavy atom. The smallest absolute Gasteiger partial charge is 0.255 e. The molecule has 0 radical (unpaired) electrons. The molecule has 2 N–H and O–H groups in total. The van der Waals surface area contributed by atoms with E-state index in [1.807, 2.05) is 41.9 Å². The van der Waals surface area contributed by atoms with Gasteiger partial charge < -0.3 is 15.2 Å². The number of terminal acetylenes is 1. The van der Waals surface area contributed by atoms with Crippen LogP contribution in [0.5, 0.6) is 0 Å². The van der Waals surface area contributed by atoms with Gasteiger partial charge in [-0.1, -0.05) is 41.1 Å². The predicted octanol–water partition coefficient (Wildman–Crippen LogP) is 5.26. The van der Waals surface area contributed by atoms with E-state index in [-0.39, 0.29) is 5.91 Å². The molecule has 3 aromatic rings. The van der Waals surface area contributed by atoms with E-state index in [1.165, 1.54) is 0 Å². The molecule has 29 heavy (non-hydrogen) atoms. The Hall–Kier alpha value is -3.56. The van der Waals surface area contributed by atoms with E-state index in [4.69, 9.17) is 6.42 Å². The number of fused-ring (bicyclic) bond motifs is 1. The summed E-state index contributed by atoms with van der Waals surface area (Å²) in [4.78, 5) is 17.2. The average Bonchev–Trinajstić information content (AvgIpc) is 3.03. The number of nitrogens with one attached hydrogen (secondary N) is 2. The van der Waals surface area contributed by atoms with Crippen molar-refractivity contribution < 1.29 is 4.79 Å². The van der Waals surface area contributed by atoms with Crippen molar-refractivity contribution in [1.82, 2.24) is 9.55 Å². The molecular formula is C23H19BrN4O. The Labute approximate surface area is 178 Å². The van der Waals surface area contributed by atoms with Crippen LogP contribution in [0.1, 0.15) is 10.4 Å². The fourth-order valence-corrected chi connectivity index (χ4v) is 2.99. The standard InChI is InChI=1S/C23H19BrN4O/c1-5-7-19(15(3)6-2)26-23-27-20-14-16(8-13-21(20)28(23)4)22(29)25-18-11-9-17(24)10-12-18/h2,5,7-14H,1,3H2,4H3,(H,25,29)(H,26,27)/b19-7+. The van der Waals surface area contributed by atoms with Crippen molar-refractivity contribution in [2.45, 2.75) is 0 Å². The van der Waals surface area contributed by atoms with Gasteiger partial charge in [-0.15, -0.1) is 6.42 Å². The van der Waals surface area contributed by atoms with Gasteiger partial charge in [0.2, 0.25) is 5.95 Å². The zero-order chi connectivity index (χ0) is 21.0. The van der Waals surface area contributed by atoms with Crippen molar-refractivity contribution >= 4 is 44.5 Å². The first-order chi connectivity index (χ1) is 13.9. The van der Waals surface area contributed by atoms with E-state index in [9.17, 15) is 4.79 Å². The second kappa shape index (κ2) is 8.63. The van der Waals surface area contributed by atoms with Gasteiger partial charge in [0.15, 0.2) is 0 Å². The number of imidazole rings is 1. The Morgan fingerprint density at radius 2 is 1.97 bits per heavy atom. The third-order valence-electron chi connectivity index (χ3n) is 4.28. The first-order valence-electron chi connectivity index (χ1n) is 8.72. The Bertz CT molecular complexity index is 1180. The summed E-state index contributed by atoms with van der Waals surface area (Å²) in [5, 5.41) is 6.06. The van der Waals surface area contributed by atoms with Crippen LogP contribution < -0.4 is 10.6 Å². The van der Waals surface area contributed by atoms with Crippen molar-refractivity contribution in [3.63, 3.8) is 0 Å². The maximum absolute atomic E-state index is 12.6. The summed E-state index contributed by atoms with van der Waals surface area (Å²) in [7, 11) is 1.88. The normalized spacial score (nSPS) is 11.0. The van der Waals surface area contributed by atoms with Crippen LogP contribution in [0.3, 0.4) is 0 Å². The number of hydrogen-bond donors (Lipinski definition) is 2. The summed E-state index contributed by atoms with van der Waals surface area (Å²) >= 11 is 3.38. The topological polar surface area (TPSA) is 59.0 Å². The summed E-state index contributed by atoms with van der Waals surface area (Å²) in [6.07, 6.45) is 8.81. The van der Waals surface area contributed by atoms with Crippen molar-refractivity contribution in [1.29, 1.82) is 0 Å². The quantitative estimate of drug-likeness (QED) is 0.401. The first kappa shape index (κ1) is 20.2. The van der Waals surface area contributed by atoms with Crippen LogP contribution in [0, 0.1) is 12.3 Å². The molecule has 6 heteroatoms. The van der Waals surface area contributed by atoms with Crippen LogP contribution in [0.4, 0.5) is 11.6 Å². The molecule has 0 spiro atoms. The van der Waals surface area contributed by atoms with Crippen LogP contribution in [0.25, 0.3) is 11.0 Å². The fraction of sp³-hybridized carbons (Fsp3) is 0.0435. The molecule has 0 saturated carbocycles. The lowest BCUT2D eigenvalue weighted by atomic mass is 10.2. The molecule has 0 aliphatic rings. The van der Waals surface area contributed by atoms with Gasteiger partial charge in [-0.3, -0.25) is 4.79 Å². The first-order valence-corrected chi connectivity index (χ1v) is 9.51. The number of aryl methyl sites for hydroxylation is 1. The largest absolute Gasteiger partial charge is 0.324 e. The minimum absolute atomic E-state index is 0.206. The number of amides is 1. The molecule has 1 aromatic heterocycles. The number of nitrogens with zero attached hydrogens (tertiary/aromatic N) is 2. The van der Waals surface area contributed by atoms with E-state index < -0.39 is 0 Å². The van der Waals surface area contributed by atoms with E-state index in [0.717, 1.165) is 9.99 Å². The van der Waals surface area contributed by atoms with Crippen molar-refractivity contribution in [2.24, 2.45) is 7.05 Å². The van der Waals surface area contributed by atoms with Gasteiger partial charge >= 0.3 is 0 Å². The molecule has 2 aromatic carbocycles. The lowest BCUT2D eigenvalue weighted by molar-refractivity contribution is 0.102. The van der Waals surface area contributed by atoms with Crippen LogP contribution >= 0.6 is 15.9 Å². The molecule has 0 aliphatic heterocycles. The maximum Gasteiger partial charge on any atom is 0.255 e. The van der Waals surface area contributed by atoms with Crippen LogP contribution in [0.15, 0.2) is 83.5 Å². The van der Waals surface area contributed by atoms with E-state index in [0.29, 0.717) is 34.0 Å². The molecule has 0 aliphatic carbocycles. The van der Waals surface area contributed by atoms with Gasteiger partial charge in [-0.2, -0.15) is 0 Å². The van der Waals surface area contributed by atoms with Crippen molar-refractivity contribution in [3.8, 4) is 12.3 Å². The predicted molar refractivity (Wildman–Crippen MR) is 123 cm³/mol. The fourth-order valence-electron chi connectivity index (χ4n) is 2.72. The van der Waals surface area contributed by atoms with Crippen LogP contribution in [0.2, 0.25) is 0 Å². The lowest BCUT2D eigenvalue weighted by Crippen LogP contribution is -2.11. The zero-order valence-corrected chi connectivity index (χ0v) is 17.5. The number of halogens is 1. The molecule has 3 rings (SSSR count). The molecule has 0 fully saturated rings. The molecule has 0 atom stereocenters. The molecule has 1 heterocycles. The third-order valence-corrected chi connectivity index (χ3v) is 4.80. The minimum Gasteiger partial charge on any atom is -0.324 e. The number of allylic oxidation sites excluding steroid dienone is 3. The number of carbonyl (C=O) groups excluding carboxylic acids is 1. The Morgan fingerprint density at radius 3 is 2.62 bits per heavy atom. The monoisotopic (exact) mass is 446 g/mol. The number of rotatable bonds is 6. The summed E-state index contributed by atoms with van der Waals surface area (Å²) in [6, 6.07) is 12.8. The highest BCUT2D eigenvalue weighted by atomic mass is 79.9. The zero-order valence-electron chi connectivity index (χ0n) is 15.9. The number of benzene rings is 2. The van der Waals surface area contributed by atoms with Crippen molar-refractivity contribution in [3.05, 3.63) is 89.1 Å². The highest BCUT2D eigenvalue weighted by Gasteiger charge is 2.13. The van der Waals surface area contributed by atoms with Crippen molar-refractivity contribution in [2.75, 3.05) is 10.6 Å². The maximum atomic E-state index is 12.6. The number of carbonyl (C=O) groups is 1. The second-order valence-electron chi connectivity index (χ2n) is 6.22. The Kier molecular flexibility index (Phi) is 6.01. The minimum atomic E-state index is -0.206. The molecule has 0 saturated heterocycles. The van der Waals surface area contributed by atoms with Gasteiger partial charge in [0.1, 0.15) is 0 Å². The molecule has 1 amide bonds. The molecule has 144 valence electrons. The van der Waals surface area contributed by atoms with Crippen LogP contribution in [-0.4, -0.2) is 15.5 Å². The van der Waals surface area contributed by atoms with Crippen LogP contribution in [-0.2, 0) is 7.05 Å². The lowest BCUT2D eigenvalue weighted by Gasteiger charge is -2.09. The summed E-state index contributed by atoms with van der Waals surface area (Å²) < 4.78 is 2.83. The Balaban J connectivity index is 1.88. The number of hydrogen-bond acceptors (Lipinski definition) is 3. The highest BCUT2D eigenvalue weighted by molar-refractivity contribution is 9.10. The van der Waals surface area contributed by atoms with E-state index in [2.05, 4.69) is 50.6 Å². The van der Waals surface area contributed by atoms with Gasteiger partial charge in [-0.25, -0.2) is 4.98 Å². The van der Waals surface area contributed by atoms with Gasteiger partial charge in [0.25, 0.3) is 5.91 Å². The SMILES string of the molecule is C#CC(=C)/C(=C\C=C)Nc1nc2cc(C(=O)Nc3ccc(Br)cc3)ccc2n1C. The third kappa shape index (κ3) is 4.48. The van der Waals surface area contributed by atoms with E-state index >= 15 is 0 Å². The summed E-state index contributed by atoms with van der Waals surface area (Å²) in [5.74, 6) is 2.88. The molecule has 0 bridgehead atoms. The molecule has 0 unspecified atom stereocenters. The van der Waals surface area contributed by atoms with E-state index in [1.54, 1.807) is 24.3 Å².